The normalized spacial score (nSPS) is 9.64. The second-order valence-electron chi connectivity index (χ2n) is 2.55. The van der Waals surface area contributed by atoms with Crippen molar-refractivity contribution in [3.05, 3.63) is 29.1 Å². The van der Waals surface area contributed by atoms with Gasteiger partial charge in [-0.3, -0.25) is 10.4 Å². The van der Waals surface area contributed by atoms with Crippen molar-refractivity contribution < 1.29 is 0 Å². The fraction of sp³-hybridized carbons (Fsp3) is 0.250. The summed E-state index contributed by atoms with van der Waals surface area (Å²) in [4.78, 5) is 4.16. The molecular formula is C8H11N3. The Kier molecular flexibility index (Phi) is 1.89. The van der Waals surface area contributed by atoms with E-state index in [0.29, 0.717) is 0 Å². The van der Waals surface area contributed by atoms with E-state index in [1.807, 2.05) is 13.8 Å². The topological polar surface area (TPSA) is 62.8 Å². The third-order valence-electron chi connectivity index (χ3n) is 1.39. The predicted octanol–water partition coefficient (Wildman–Crippen LogP) is 0.983. The van der Waals surface area contributed by atoms with Gasteiger partial charge in [0.05, 0.1) is 0 Å². The highest BCUT2D eigenvalue weighted by Gasteiger charge is 1.98. The van der Waals surface area contributed by atoms with Crippen LogP contribution in [0, 0.1) is 19.3 Å². The van der Waals surface area contributed by atoms with E-state index in [0.717, 1.165) is 17.0 Å². The summed E-state index contributed by atoms with van der Waals surface area (Å²) in [5, 5.41) is 7.18. The minimum absolute atomic E-state index is 0.0959. The lowest BCUT2D eigenvalue weighted by Gasteiger charge is -2.00. The molecule has 0 aliphatic heterocycles. The van der Waals surface area contributed by atoms with Gasteiger partial charge in [-0.25, -0.2) is 0 Å². The molecule has 0 atom stereocenters. The van der Waals surface area contributed by atoms with Gasteiger partial charge in [0, 0.05) is 17.0 Å². The Morgan fingerprint density at radius 1 is 1.36 bits per heavy atom. The summed E-state index contributed by atoms with van der Waals surface area (Å²) in [6.07, 6.45) is 0. The SMILES string of the molecule is Cc1cc(C(=N)N)cc(C)n1. The summed E-state index contributed by atoms with van der Waals surface area (Å²) in [6.45, 7) is 3.78. The summed E-state index contributed by atoms with van der Waals surface area (Å²) >= 11 is 0. The Morgan fingerprint density at radius 2 is 1.82 bits per heavy atom. The van der Waals surface area contributed by atoms with Gasteiger partial charge in [-0.2, -0.15) is 0 Å². The molecule has 0 saturated heterocycles. The fourth-order valence-corrected chi connectivity index (χ4v) is 0.990. The average molecular weight is 149 g/mol. The van der Waals surface area contributed by atoms with Crippen LogP contribution in [0.5, 0.6) is 0 Å². The van der Waals surface area contributed by atoms with Crippen LogP contribution in [0.25, 0.3) is 0 Å². The van der Waals surface area contributed by atoms with E-state index in [9.17, 15) is 0 Å². The van der Waals surface area contributed by atoms with Crippen LogP contribution < -0.4 is 5.73 Å². The Balaban J connectivity index is 3.19. The highest BCUT2D eigenvalue weighted by molar-refractivity contribution is 5.95. The molecule has 0 spiro atoms. The molecule has 1 rings (SSSR count). The van der Waals surface area contributed by atoms with Crippen LogP contribution in [-0.2, 0) is 0 Å². The van der Waals surface area contributed by atoms with Crippen molar-refractivity contribution in [3.63, 3.8) is 0 Å². The number of pyridine rings is 1. The van der Waals surface area contributed by atoms with Gasteiger partial charge in [-0.05, 0) is 26.0 Å². The summed E-state index contributed by atoms with van der Waals surface area (Å²) in [5.41, 5.74) is 7.85. The van der Waals surface area contributed by atoms with Gasteiger partial charge in [0.2, 0.25) is 0 Å². The maximum Gasteiger partial charge on any atom is 0.122 e. The number of hydrogen-bond donors (Lipinski definition) is 2. The maximum absolute atomic E-state index is 7.18. The number of hydrogen-bond acceptors (Lipinski definition) is 2. The average Bonchev–Trinajstić information content (AvgIpc) is 1.85. The van der Waals surface area contributed by atoms with Gasteiger partial charge in [0.15, 0.2) is 0 Å². The lowest BCUT2D eigenvalue weighted by molar-refractivity contribution is 1.12. The van der Waals surface area contributed by atoms with E-state index in [1.165, 1.54) is 0 Å². The maximum atomic E-state index is 7.18. The number of nitrogen functional groups attached to an aromatic ring is 1. The number of amidine groups is 1. The number of aryl methyl sites for hydroxylation is 2. The summed E-state index contributed by atoms with van der Waals surface area (Å²) in [5.74, 6) is 0.0959. The molecule has 11 heavy (non-hydrogen) atoms. The molecule has 3 N–H and O–H groups in total. The van der Waals surface area contributed by atoms with Gasteiger partial charge < -0.3 is 5.73 Å². The van der Waals surface area contributed by atoms with Crippen LogP contribution in [0.4, 0.5) is 0 Å². The van der Waals surface area contributed by atoms with Crippen molar-refractivity contribution >= 4 is 5.84 Å². The number of nitrogens with one attached hydrogen (secondary N) is 1. The number of nitrogens with zero attached hydrogens (tertiary/aromatic N) is 1. The number of aromatic nitrogens is 1. The first-order chi connectivity index (χ1) is 5.09. The minimum Gasteiger partial charge on any atom is -0.384 e. The van der Waals surface area contributed by atoms with Gasteiger partial charge in [-0.1, -0.05) is 0 Å². The van der Waals surface area contributed by atoms with Crippen molar-refractivity contribution in [2.45, 2.75) is 13.8 Å². The molecule has 0 radical (unpaired) electrons. The Bertz CT molecular complexity index is 271. The van der Waals surface area contributed by atoms with E-state index >= 15 is 0 Å². The zero-order valence-electron chi connectivity index (χ0n) is 6.68. The Hall–Kier alpha value is -1.38. The van der Waals surface area contributed by atoms with Gasteiger partial charge >= 0.3 is 0 Å². The van der Waals surface area contributed by atoms with Crippen molar-refractivity contribution in [1.29, 1.82) is 5.41 Å². The third kappa shape index (κ3) is 1.77. The molecule has 0 bridgehead atoms. The Labute approximate surface area is 65.8 Å². The van der Waals surface area contributed by atoms with Gasteiger partial charge in [0.25, 0.3) is 0 Å². The lowest BCUT2D eigenvalue weighted by Crippen LogP contribution is -2.11. The van der Waals surface area contributed by atoms with Crippen molar-refractivity contribution in [1.82, 2.24) is 4.98 Å². The quantitative estimate of drug-likeness (QED) is 0.462. The summed E-state index contributed by atoms with van der Waals surface area (Å²) < 4.78 is 0. The molecule has 0 fully saturated rings. The first-order valence-electron chi connectivity index (χ1n) is 3.39. The van der Waals surface area contributed by atoms with Gasteiger partial charge in [0.1, 0.15) is 5.84 Å². The molecule has 0 aliphatic carbocycles. The van der Waals surface area contributed by atoms with E-state index in [2.05, 4.69) is 4.98 Å². The van der Waals surface area contributed by atoms with E-state index in [1.54, 1.807) is 12.1 Å². The monoisotopic (exact) mass is 149 g/mol. The molecule has 0 saturated carbocycles. The Morgan fingerprint density at radius 3 is 2.18 bits per heavy atom. The van der Waals surface area contributed by atoms with E-state index in [-0.39, 0.29) is 5.84 Å². The van der Waals surface area contributed by atoms with Crippen LogP contribution in [-0.4, -0.2) is 10.8 Å². The molecule has 58 valence electrons. The van der Waals surface area contributed by atoms with Crippen LogP contribution in [0.3, 0.4) is 0 Å². The lowest BCUT2D eigenvalue weighted by atomic mass is 10.2. The highest BCUT2D eigenvalue weighted by atomic mass is 14.7. The number of nitrogens with two attached hydrogens (primary N) is 1. The molecule has 3 heteroatoms. The van der Waals surface area contributed by atoms with Crippen molar-refractivity contribution in [2.75, 3.05) is 0 Å². The zero-order valence-corrected chi connectivity index (χ0v) is 6.68. The second kappa shape index (κ2) is 2.70. The smallest absolute Gasteiger partial charge is 0.122 e. The van der Waals surface area contributed by atoms with Gasteiger partial charge in [-0.15, -0.1) is 0 Å². The molecule has 3 nitrogen and oxygen atoms in total. The third-order valence-corrected chi connectivity index (χ3v) is 1.39. The molecular weight excluding hydrogens is 138 g/mol. The molecule has 1 heterocycles. The number of rotatable bonds is 1. The second-order valence-corrected chi connectivity index (χ2v) is 2.55. The van der Waals surface area contributed by atoms with Crippen LogP contribution >= 0.6 is 0 Å². The summed E-state index contributed by atoms with van der Waals surface area (Å²) in [7, 11) is 0. The van der Waals surface area contributed by atoms with Crippen LogP contribution in [0.1, 0.15) is 17.0 Å². The summed E-state index contributed by atoms with van der Waals surface area (Å²) in [6, 6.07) is 3.60. The first-order valence-corrected chi connectivity index (χ1v) is 3.39. The molecule has 0 unspecified atom stereocenters. The molecule has 1 aromatic heterocycles. The van der Waals surface area contributed by atoms with E-state index < -0.39 is 0 Å². The van der Waals surface area contributed by atoms with E-state index in [4.69, 9.17) is 11.1 Å². The van der Waals surface area contributed by atoms with Crippen LogP contribution in [0.2, 0.25) is 0 Å². The molecule has 0 aliphatic rings. The predicted molar refractivity (Wildman–Crippen MR) is 44.7 cm³/mol. The zero-order chi connectivity index (χ0) is 8.43. The molecule has 1 aromatic rings. The standard InChI is InChI=1S/C8H11N3/c1-5-3-7(8(9)10)4-6(2)11-5/h3-4H,1-2H3,(H3,9,10). The first kappa shape index (κ1) is 7.72. The fourth-order valence-electron chi connectivity index (χ4n) is 0.990. The highest BCUT2D eigenvalue weighted by Crippen LogP contribution is 2.03. The largest absolute Gasteiger partial charge is 0.384 e. The van der Waals surface area contributed by atoms with Crippen molar-refractivity contribution in [3.8, 4) is 0 Å². The van der Waals surface area contributed by atoms with Crippen LogP contribution in [0.15, 0.2) is 12.1 Å². The minimum atomic E-state index is 0.0959. The van der Waals surface area contributed by atoms with Crippen molar-refractivity contribution in [2.24, 2.45) is 5.73 Å². The molecule has 0 aromatic carbocycles. The molecule has 0 amide bonds.